The molecule has 0 aromatic carbocycles. The molecule has 0 unspecified atom stereocenters. The van der Waals surface area contributed by atoms with Crippen LogP contribution >= 0.6 is 11.3 Å². The molecule has 1 saturated carbocycles. The lowest BCUT2D eigenvalue weighted by atomic mass is 9.87. The van der Waals surface area contributed by atoms with Crippen LogP contribution in [0.1, 0.15) is 55.9 Å². The van der Waals surface area contributed by atoms with E-state index in [1.165, 1.54) is 61.9 Å². The molecule has 1 N–H and O–H groups in total. The van der Waals surface area contributed by atoms with Gasteiger partial charge in [-0.05, 0) is 42.3 Å². The summed E-state index contributed by atoms with van der Waals surface area (Å²) in [6.07, 6.45) is 9.90. The van der Waals surface area contributed by atoms with E-state index in [1.807, 2.05) is 11.3 Å². The second-order valence-electron chi connectivity index (χ2n) is 5.19. The molecule has 1 aliphatic rings. The van der Waals surface area contributed by atoms with Gasteiger partial charge in [0.1, 0.15) is 0 Å². The van der Waals surface area contributed by atoms with Gasteiger partial charge in [-0.25, -0.2) is 0 Å². The van der Waals surface area contributed by atoms with Crippen LogP contribution in [0.15, 0.2) is 11.4 Å². The highest BCUT2D eigenvalue weighted by Gasteiger charge is 2.12. The number of thiophene rings is 1. The summed E-state index contributed by atoms with van der Waals surface area (Å²) < 4.78 is 0. The van der Waals surface area contributed by atoms with E-state index in [0.29, 0.717) is 0 Å². The number of rotatable bonds is 6. The van der Waals surface area contributed by atoms with Crippen molar-refractivity contribution in [2.45, 2.75) is 58.4 Å². The molecule has 1 aromatic heterocycles. The minimum absolute atomic E-state index is 1.00. The highest BCUT2D eigenvalue weighted by atomic mass is 32.1. The first-order chi connectivity index (χ1) is 8.40. The van der Waals surface area contributed by atoms with Crippen molar-refractivity contribution >= 4 is 11.3 Å². The van der Waals surface area contributed by atoms with Crippen molar-refractivity contribution in [3.63, 3.8) is 0 Å². The van der Waals surface area contributed by atoms with Gasteiger partial charge in [0, 0.05) is 11.4 Å². The lowest BCUT2D eigenvalue weighted by molar-refractivity contribution is 0.334. The molecular weight excluding hydrogens is 226 g/mol. The van der Waals surface area contributed by atoms with E-state index in [9.17, 15) is 0 Å². The molecular formula is C15H25NS. The van der Waals surface area contributed by atoms with Gasteiger partial charge in [-0.3, -0.25) is 0 Å². The van der Waals surface area contributed by atoms with Crippen LogP contribution in [0.25, 0.3) is 0 Å². The monoisotopic (exact) mass is 251 g/mol. The Hall–Kier alpha value is -0.340. The van der Waals surface area contributed by atoms with Gasteiger partial charge in [-0.1, -0.05) is 39.0 Å². The first-order valence-electron chi connectivity index (χ1n) is 7.16. The van der Waals surface area contributed by atoms with Crippen LogP contribution in [0.5, 0.6) is 0 Å². The molecule has 0 bridgehead atoms. The molecule has 0 atom stereocenters. The Morgan fingerprint density at radius 1 is 1.29 bits per heavy atom. The maximum Gasteiger partial charge on any atom is 0.0302 e. The van der Waals surface area contributed by atoms with Crippen molar-refractivity contribution in [1.82, 2.24) is 5.32 Å². The lowest BCUT2D eigenvalue weighted by Gasteiger charge is -2.21. The molecule has 0 radical (unpaired) electrons. The standard InChI is InChI=1S/C15H25NS/c1-2-14-9-11-17-15(14)12-16-10-8-13-6-4-3-5-7-13/h9,11,13,16H,2-8,10,12H2,1H3. The Morgan fingerprint density at radius 2 is 2.12 bits per heavy atom. The quantitative estimate of drug-likeness (QED) is 0.740. The summed E-state index contributed by atoms with van der Waals surface area (Å²) in [6, 6.07) is 2.27. The minimum atomic E-state index is 1.00. The molecule has 96 valence electrons. The lowest BCUT2D eigenvalue weighted by Crippen LogP contribution is -2.19. The summed E-state index contributed by atoms with van der Waals surface area (Å²) in [6.45, 7) is 4.52. The van der Waals surface area contributed by atoms with Crippen LogP contribution in [0.4, 0.5) is 0 Å². The SMILES string of the molecule is CCc1ccsc1CNCCC1CCCCC1. The number of hydrogen-bond donors (Lipinski definition) is 1. The zero-order valence-corrected chi connectivity index (χ0v) is 11.8. The fourth-order valence-corrected chi connectivity index (χ4v) is 3.77. The molecule has 1 heterocycles. The Kier molecular flexibility index (Phi) is 5.53. The molecule has 17 heavy (non-hydrogen) atoms. The van der Waals surface area contributed by atoms with Crippen molar-refractivity contribution < 1.29 is 0 Å². The normalized spacial score (nSPS) is 17.5. The van der Waals surface area contributed by atoms with Crippen LogP contribution in [0.2, 0.25) is 0 Å². The van der Waals surface area contributed by atoms with E-state index in [-0.39, 0.29) is 0 Å². The zero-order chi connectivity index (χ0) is 11.9. The predicted molar refractivity (Wildman–Crippen MR) is 76.6 cm³/mol. The molecule has 1 fully saturated rings. The van der Waals surface area contributed by atoms with E-state index in [2.05, 4.69) is 23.7 Å². The Balaban J connectivity index is 1.62. The van der Waals surface area contributed by atoms with Gasteiger partial charge >= 0.3 is 0 Å². The summed E-state index contributed by atoms with van der Waals surface area (Å²) in [4.78, 5) is 1.54. The van der Waals surface area contributed by atoms with Gasteiger partial charge < -0.3 is 5.32 Å². The number of aryl methyl sites for hydroxylation is 1. The minimum Gasteiger partial charge on any atom is -0.312 e. The van der Waals surface area contributed by atoms with Crippen molar-refractivity contribution in [2.75, 3.05) is 6.54 Å². The number of hydrogen-bond acceptors (Lipinski definition) is 2. The van der Waals surface area contributed by atoms with Gasteiger partial charge in [-0.2, -0.15) is 0 Å². The summed E-state index contributed by atoms with van der Waals surface area (Å²) in [5, 5.41) is 5.84. The molecule has 2 heteroatoms. The van der Waals surface area contributed by atoms with Crippen molar-refractivity contribution in [1.29, 1.82) is 0 Å². The van der Waals surface area contributed by atoms with Gasteiger partial charge in [0.2, 0.25) is 0 Å². The third kappa shape index (κ3) is 4.11. The van der Waals surface area contributed by atoms with Crippen LogP contribution in [0, 0.1) is 5.92 Å². The second-order valence-corrected chi connectivity index (χ2v) is 6.19. The molecule has 0 aliphatic heterocycles. The van der Waals surface area contributed by atoms with Gasteiger partial charge in [0.25, 0.3) is 0 Å². The van der Waals surface area contributed by atoms with Gasteiger partial charge in [0.15, 0.2) is 0 Å². The average Bonchev–Trinajstić information content (AvgIpc) is 2.83. The molecule has 0 saturated heterocycles. The van der Waals surface area contributed by atoms with Crippen molar-refractivity contribution in [2.24, 2.45) is 5.92 Å². The predicted octanol–water partition coefficient (Wildman–Crippen LogP) is 4.37. The molecule has 0 spiro atoms. The fourth-order valence-electron chi connectivity index (χ4n) is 2.82. The highest BCUT2D eigenvalue weighted by Crippen LogP contribution is 2.25. The topological polar surface area (TPSA) is 12.0 Å². The largest absolute Gasteiger partial charge is 0.312 e. The van der Waals surface area contributed by atoms with E-state index in [4.69, 9.17) is 0 Å². The van der Waals surface area contributed by atoms with Crippen LogP contribution in [0.3, 0.4) is 0 Å². The third-order valence-corrected chi connectivity index (χ3v) is 4.92. The molecule has 0 amide bonds. The van der Waals surface area contributed by atoms with Crippen LogP contribution in [-0.4, -0.2) is 6.54 Å². The summed E-state index contributed by atoms with van der Waals surface area (Å²) in [5.41, 5.74) is 1.53. The smallest absolute Gasteiger partial charge is 0.0302 e. The number of nitrogens with one attached hydrogen (secondary N) is 1. The molecule has 2 rings (SSSR count). The van der Waals surface area contributed by atoms with Gasteiger partial charge in [0.05, 0.1) is 0 Å². The summed E-state index contributed by atoms with van der Waals surface area (Å²) >= 11 is 1.90. The molecule has 1 nitrogen and oxygen atoms in total. The fraction of sp³-hybridized carbons (Fsp3) is 0.733. The van der Waals surface area contributed by atoms with E-state index >= 15 is 0 Å². The molecule has 1 aliphatic carbocycles. The van der Waals surface area contributed by atoms with Crippen molar-refractivity contribution in [3.8, 4) is 0 Å². The zero-order valence-electron chi connectivity index (χ0n) is 11.0. The van der Waals surface area contributed by atoms with E-state index in [1.54, 1.807) is 0 Å². The van der Waals surface area contributed by atoms with Crippen LogP contribution < -0.4 is 5.32 Å². The maximum atomic E-state index is 3.62. The van der Waals surface area contributed by atoms with Crippen molar-refractivity contribution in [3.05, 3.63) is 21.9 Å². The van der Waals surface area contributed by atoms with Gasteiger partial charge in [-0.15, -0.1) is 11.3 Å². The first kappa shape index (κ1) is 13.1. The second kappa shape index (κ2) is 7.17. The average molecular weight is 251 g/mol. The summed E-state index contributed by atoms with van der Waals surface area (Å²) in [5.74, 6) is 1.00. The third-order valence-electron chi connectivity index (χ3n) is 3.96. The Morgan fingerprint density at radius 3 is 2.88 bits per heavy atom. The Bertz CT molecular complexity index is 312. The highest BCUT2D eigenvalue weighted by molar-refractivity contribution is 7.10. The Labute approximate surface area is 110 Å². The summed E-state index contributed by atoms with van der Waals surface area (Å²) in [7, 11) is 0. The van der Waals surface area contributed by atoms with E-state index in [0.717, 1.165) is 12.5 Å². The maximum absolute atomic E-state index is 3.62. The first-order valence-corrected chi connectivity index (χ1v) is 8.04. The molecule has 1 aromatic rings. The van der Waals surface area contributed by atoms with E-state index < -0.39 is 0 Å². The van der Waals surface area contributed by atoms with Crippen LogP contribution in [-0.2, 0) is 13.0 Å².